The van der Waals surface area contributed by atoms with Crippen molar-refractivity contribution in [1.29, 1.82) is 0 Å². The molecular formula is C21H17FN6O. The van der Waals surface area contributed by atoms with E-state index in [4.69, 9.17) is 0 Å². The first-order valence-electron chi connectivity index (χ1n) is 9.26. The second-order valence-corrected chi connectivity index (χ2v) is 6.82. The fourth-order valence-corrected chi connectivity index (χ4v) is 3.44. The van der Waals surface area contributed by atoms with Crippen LogP contribution in [0, 0.1) is 5.82 Å². The molecule has 0 saturated heterocycles. The van der Waals surface area contributed by atoms with Crippen molar-refractivity contribution in [1.82, 2.24) is 24.8 Å². The van der Waals surface area contributed by atoms with E-state index in [1.807, 2.05) is 24.4 Å². The van der Waals surface area contributed by atoms with Gasteiger partial charge in [-0.1, -0.05) is 12.1 Å². The van der Waals surface area contributed by atoms with Crippen molar-refractivity contribution in [2.75, 3.05) is 11.9 Å². The molecule has 0 saturated carbocycles. The number of hydrogen-bond donors (Lipinski definition) is 2. The van der Waals surface area contributed by atoms with E-state index in [1.165, 1.54) is 24.3 Å². The van der Waals surface area contributed by atoms with Gasteiger partial charge in [-0.3, -0.25) is 10.1 Å². The van der Waals surface area contributed by atoms with E-state index in [1.54, 1.807) is 6.20 Å². The lowest BCUT2D eigenvalue weighted by Crippen LogP contribution is -2.28. The van der Waals surface area contributed by atoms with Crippen LogP contribution in [0.5, 0.6) is 0 Å². The van der Waals surface area contributed by atoms with Crippen molar-refractivity contribution in [3.63, 3.8) is 0 Å². The second kappa shape index (κ2) is 7.06. The van der Waals surface area contributed by atoms with Crippen LogP contribution in [0.4, 0.5) is 10.3 Å². The number of nitrogens with one attached hydrogen (secondary N) is 2. The summed E-state index contributed by atoms with van der Waals surface area (Å²) >= 11 is 0. The normalized spacial score (nSPS) is 13.3. The third kappa shape index (κ3) is 3.34. The number of hydrogen-bond acceptors (Lipinski definition) is 5. The van der Waals surface area contributed by atoms with Crippen LogP contribution in [0.1, 0.15) is 16.2 Å². The fraction of sp³-hybridized carbons (Fsp3) is 0.143. The predicted molar refractivity (Wildman–Crippen MR) is 107 cm³/mol. The first-order chi connectivity index (χ1) is 14.2. The highest BCUT2D eigenvalue weighted by molar-refractivity contribution is 6.03. The maximum atomic E-state index is 13.0. The van der Waals surface area contributed by atoms with Crippen LogP contribution < -0.4 is 10.6 Å². The molecule has 7 nitrogen and oxygen atoms in total. The molecule has 1 aliphatic rings. The van der Waals surface area contributed by atoms with Gasteiger partial charge < -0.3 is 9.88 Å². The Balaban J connectivity index is 1.46. The van der Waals surface area contributed by atoms with E-state index in [0.717, 1.165) is 47.6 Å². The van der Waals surface area contributed by atoms with E-state index in [9.17, 15) is 9.18 Å². The Hall–Kier alpha value is -3.65. The van der Waals surface area contributed by atoms with Gasteiger partial charge in [0.25, 0.3) is 5.91 Å². The van der Waals surface area contributed by atoms with Gasteiger partial charge in [0.15, 0.2) is 0 Å². The topological polar surface area (TPSA) is 84.7 Å². The van der Waals surface area contributed by atoms with Crippen LogP contribution in [0.3, 0.4) is 0 Å². The fourth-order valence-electron chi connectivity index (χ4n) is 3.44. The van der Waals surface area contributed by atoms with Crippen molar-refractivity contribution in [2.24, 2.45) is 0 Å². The van der Waals surface area contributed by atoms with Crippen LogP contribution in [0.15, 0.2) is 54.9 Å². The Kier molecular flexibility index (Phi) is 4.25. The average Bonchev–Trinajstić information content (AvgIpc) is 3.18. The molecule has 4 aromatic rings. The second-order valence-electron chi connectivity index (χ2n) is 6.82. The number of carbonyl (C=O) groups is 1. The van der Waals surface area contributed by atoms with Gasteiger partial charge in [0, 0.05) is 35.8 Å². The van der Waals surface area contributed by atoms with Gasteiger partial charge in [-0.25, -0.2) is 19.3 Å². The summed E-state index contributed by atoms with van der Waals surface area (Å²) in [6.07, 6.45) is 3.55. The summed E-state index contributed by atoms with van der Waals surface area (Å²) in [5.41, 5.74) is 3.10. The molecule has 0 fully saturated rings. The standard InChI is InChI=1S/C21H17FN6O/c22-16-5-3-13(4-6-16)20(29)27-21-25-10-15-2-1-14(9-17(15)26-21)18-11-24-19-12-23-7-8-28(18)19/h1-6,9-11,23H,7-8,12H2,(H,25,26,27,29). The molecule has 5 rings (SSSR count). The smallest absolute Gasteiger partial charge is 0.258 e. The molecule has 0 atom stereocenters. The molecule has 2 aromatic heterocycles. The molecule has 2 aromatic carbocycles. The highest BCUT2D eigenvalue weighted by Gasteiger charge is 2.15. The first kappa shape index (κ1) is 17.4. The lowest BCUT2D eigenvalue weighted by Gasteiger charge is -2.17. The highest BCUT2D eigenvalue weighted by atomic mass is 19.1. The molecule has 1 amide bonds. The Labute approximate surface area is 165 Å². The number of benzene rings is 2. The zero-order chi connectivity index (χ0) is 19.8. The number of nitrogens with zero attached hydrogens (tertiary/aromatic N) is 4. The minimum Gasteiger partial charge on any atom is -0.326 e. The number of amides is 1. The van der Waals surface area contributed by atoms with Crippen LogP contribution in [0.2, 0.25) is 0 Å². The number of rotatable bonds is 3. The minimum atomic E-state index is -0.395. The largest absolute Gasteiger partial charge is 0.326 e. The Morgan fingerprint density at radius 2 is 1.97 bits per heavy atom. The van der Waals surface area contributed by atoms with Crippen LogP contribution in [-0.2, 0) is 13.1 Å². The number of fused-ring (bicyclic) bond motifs is 2. The number of halogens is 1. The third-order valence-corrected chi connectivity index (χ3v) is 4.94. The molecular weight excluding hydrogens is 371 g/mol. The molecule has 0 bridgehead atoms. The highest BCUT2D eigenvalue weighted by Crippen LogP contribution is 2.25. The number of anilines is 1. The van der Waals surface area contributed by atoms with Crippen LogP contribution >= 0.6 is 0 Å². The predicted octanol–water partition coefficient (Wildman–Crippen LogP) is 2.99. The number of aromatic nitrogens is 4. The molecule has 144 valence electrons. The Morgan fingerprint density at radius 3 is 2.83 bits per heavy atom. The van der Waals surface area contributed by atoms with Gasteiger partial charge in [-0.2, -0.15) is 0 Å². The van der Waals surface area contributed by atoms with Crippen molar-refractivity contribution in [3.05, 3.63) is 72.1 Å². The summed E-state index contributed by atoms with van der Waals surface area (Å²) in [4.78, 5) is 25.5. The summed E-state index contributed by atoms with van der Waals surface area (Å²) in [7, 11) is 0. The van der Waals surface area contributed by atoms with Crippen molar-refractivity contribution >= 4 is 22.8 Å². The van der Waals surface area contributed by atoms with Gasteiger partial charge >= 0.3 is 0 Å². The summed E-state index contributed by atoms with van der Waals surface area (Å²) in [5, 5.41) is 6.85. The molecule has 3 heterocycles. The molecule has 0 unspecified atom stereocenters. The van der Waals surface area contributed by atoms with E-state index in [-0.39, 0.29) is 5.95 Å². The lowest BCUT2D eigenvalue weighted by molar-refractivity contribution is 0.102. The van der Waals surface area contributed by atoms with E-state index in [0.29, 0.717) is 5.56 Å². The van der Waals surface area contributed by atoms with E-state index in [2.05, 4.69) is 30.2 Å². The van der Waals surface area contributed by atoms with Gasteiger partial charge in [0.1, 0.15) is 11.6 Å². The monoisotopic (exact) mass is 388 g/mol. The lowest BCUT2D eigenvalue weighted by atomic mass is 10.1. The van der Waals surface area contributed by atoms with Crippen molar-refractivity contribution in [2.45, 2.75) is 13.1 Å². The maximum Gasteiger partial charge on any atom is 0.258 e. The molecule has 29 heavy (non-hydrogen) atoms. The number of carbonyl (C=O) groups excluding carboxylic acids is 1. The first-order valence-corrected chi connectivity index (χ1v) is 9.26. The quantitative estimate of drug-likeness (QED) is 0.564. The van der Waals surface area contributed by atoms with Gasteiger partial charge in [-0.05, 0) is 30.3 Å². The average molecular weight is 388 g/mol. The zero-order valence-corrected chi connectivity index (χ0v) is 15.4. The Morgan fingerprint density at radius 1 is 1.10 bits per heavy atom. The molecule has 8 heteroatoms. The maximum absolute atomic E-state index is 13.0. The summed E-state index contributed by atoms with van der Waals surface area (Å²) < 4.78 is 15.2. The van der Waals surface area contributed by atoms with Crippen molar-refractivity contribution in [3.8, 4) is 11.3 Å². The zero-order valence-electron chi connectivity index (χ0n) is 15.4. The third-order valence-electron chi connectivity index (χ3n) is 4.94. The minimum absolute atomic E-state index is 0.198. The summed E-state index contributed by atoms with van der Waals surface area (Å²) in [5.74, 6) is 0.427. The molecule has 0 spiro atoms. The molecule has 0 aliphatic carbocycles. The molecule has 0 radical (unpaired) electrons. The van der Waals surface area contributed by atoms with Crippen LogP contribution in [0.25, 0.3) is 22.2 Å². The van der Waals surface area contributed by atoms with Crippen LogP contribution in [-0.4, -0.2) is 32.0 Å². The summed E-state index contributed by atoms with van der Waals surface area (Å²) in [6, 6.07) is 11.3. The van der Waals surface area contributed by atoms with Gasteiger partial charge in [0.2, 0.25) is 5.95 Å². The van der Waals surface area contributed by atoms with E-state index >= 15 is 0 Å². The van der Waals surface area contributed by atoms with Gasteiger partial charge in [-0.15, -0.1) is 0 Å². The SMILES string of the molecule is O=C(Nc1ncc2ccc(-c3cnc4n3CCNC4)cc2n1)c1ccc(F)cc1. The van der Waals surface area contributed by atoms with E-state index < -0.39 is 11.7 Å². The Bertz CT molecular complexity index is 1220. The number of imidazole rings is 1. The summed E-state index contributed by atoms with van der Waals surface area (Å²) in [6.45, 7) is 2.53. The van der Waals surface area contributed by atoms with Crippen molar-refractivity contribution < 1.29 is 9.18 Å². The van der Waals surface area contributed by atoms with Gasteiger partial charge in [0.05, 0.1) is 24.0 Å². The molecule has 1 aliphatic heterocycles. The molecule has 2 N–H and O–H groups in total.